The van der Waals surface area contributed by atoms with Crippen LogP contribution in [0, 0.1) is 0 Å². The molecule has 1 saturated heterocycles. The summed E-state index contributed by atoms with van der Waals surface area (Å²) in [5.41, 5.74) is -0.606. The van der Waals surface area contributed by atoms with E-state index in [1.54, 1.807) is 0 Å². The molecule has 0 aliphatic carbocycles. The number of H-pyrrole nitrogens is 1. The van der Waals surface area contributed by atoms with Crippen LogP contribution in [-0.2, 0) is 4.74 Å². The number of rotatable bonds is 3. The van der Waals surface area contributed by atoms with Crippen molar-refractivity contribution in [3.63, 3.8) is 0 Å². The van der Waals surface area contributed by atoms with Gasteiger partial charge in [0, 0.05) is 19.6 Å². The first kappa shape index (κ1) is 11.6. The summed E-state index contributed by atoms with van der Waals surface area (Å²) in [5.74, 6) is 0. The molecule has 1 fully saturated rings. The number of hydrogen-bond donors (Lipinski definition) is 3. The van der Waals surface area contributed by atoms with Crippen molar-refractivity contribution in [2.45, 2.75) is 12.0 Å². The van der Waals surface area contributed by atoms with Crippen molar-refractivity contribution in [1.29, 1.82) is 0 Å². The third kappa shape index (κ3) is 2.42. The molecule has 0 amide bonds. The van der Waals surface area contributed by atoms with Crippen LogP contribution >= 0.6 is 15.9 Å². The van der Waals surface area contributed by atoms with Gasteiger partial charge in [-0.3, -0.25) is 4.79 Å². The molecule has 0 bridgehead atoms. The van der Waals surface area contributed by atoms with E-state index in [4.69, 9.17) is 4.74 Å². The van der Waals surface area contributed by atoms with Gasteiger partial charge in [-0.2, -0.15) is 5.10 Å². The summed E-state index contributed by atoms with van der Waals surface area (Å²) in [6, 6.07) is 0. The molecule has 0 spiro atoms. The first-order valence-corrected chi connectivity index (χ1v) is 5.67. The molecule has 0 radical (unpaired) electrons. The van der Waals surface area contributed by atoms with E-state index in [1.165, 1.54) is 6.20 Å². The largest absolute Gasteiger partial charge is 0.386 e. The van der Waals surface area contributed by atoms with Crippen LogP contribution in [0.1, 0.15) is 6.42 Å². The minimum absolute atomic E-state index is 0.306. The highest BCUT2D eigenvalue weighted by molar-refractivity contribution is 9.10. The Bertz CT molecular complexity index is 428. The maximum atomic E-state index is 11.2. The van der Waals surface area contributed by atoms with Crippen molar-refractivity contribution in [2.24, 2.45) is 0 Å². The van der Waals surface area contributed by atoms with Gasteiger partial charge in [-0.15, -0.1) is 0 Å². The molecule has 1 aromatic rings. The van der Waals surface area contributed by atoms with Gasteiger partial charge >= 0.3 is 0 Å². The summed E-state index contributed by atoms with van der Waals surface area (Å²) in [5, 5.41) is 18.9. The van der Waals surface area contributed by atoms with Gasteiger partial charge in [0.2, 0.25) is 0 Å². The average Bonchev–Trinajstić information content (AvgIpc) is 2.68. The molecule has 1 aromatic heterocycles. The Kier molecular flexibility index (Phi) is 3.27. The molecule has 2 heterocycles. The molecule has 1 unspecified atom stereocenters. The van der Waals surface area contributed by atoms with E-state index in [0.717, 1.165) is 0 Å². The molecule has 16 heavy (non-hydrogen) atoms. The zero-order valence-corrected chi connectivity index (χ0v) is 10.1. The van der Waals surface area contributed by atoms with E-state index in [0.29, 0.717) is 36.3 Å². The van der Waals surface area contributed by atoms with Gasteiger partial charge in [-0.05, 0) is 15.9 Å². The van der Waals surface area contributed by atoms with Crippen molar-refractivity contribution in [3.8, 4) is 0 Å². The van der Waals surface area contributed by atoms with Crippen molar-refractivity contribution in [2.75, 3.05) is 25.1 Å². The van der Waals surface area contributed by atoms with Crippen molar-refractivity contribution >= 4 is 21.6 Å². The number of aromatic amines is 1. The lowest BCUT2D eigenvalue weighted by atomic mass is 10.0. The van der Waals surface area contributed by atoms with Gasteiger partial charge in [0.25, 0.3) is 5.56 Å². The number of hydrogen-bond acceptors (Lipinski definition) is 5. The van der Waals surface area contributed by atoms with Crippen molar-refractivity contribution in [1.82, 2.24) is 10.2 Å². The third-order valence-corrected chi connectivity index (χ3v) is 3.27. The zero-order valence-electron chi connectivity index (χ0n) is 8.49. The van der Waals surface area contributed by atoms with Gasteiger partial charge in [-0.25, -0.2) is 5.10 Å². The van der Waals surface area contributed by atoms with Crippen LogP contribution in [0.4, 0.5) is 5.69 Å². The molecule has 0 saturated carbocycles. The molecule has 0 aromatic carbocycles. The predicted molar refractivity (Wildman–Crippen MR) is 61.4 cm³/mol. The van der Waals surface area contributed by atoms with Crippen molar-refractivity contribution < 1.29 is 9.84 Å². The van der Waals surface area contributed by atoms with Crippen LogP contribution < -0.4 is 10.9 Å². The number of anilines is 1. The normalized spacial score (nSPS) is 24.6. The summed E-state index contributed by atoms with van der Waals surface area (Å²) in [6.45, 7) is 1.21. The molecular formula is C9H12BrN3O3. The maximum absolute atomic E-state index is 11.2. The van der Waals surface area contributed by atoms with Gasteiger partial charge in [0.1, 0.15) is 10.1 Å². The van der Waals surface area contributed by atoms with Crippen LogP contribution in [0.5, 0.6) is 0 Å². The number of aromatic nitrogens is 2. The van der Waals surface area contributed by atoms with E-state index in [1.807, 2.05) is 0 Å². The van der Waals surface area contributed by atoms with Crippen LogP contribution in [-0.4, -0.2) is 40.7 Å². The van der Waals surface area contributed by atoms with Crippen LogP contribution in [0.15, 0.2) is 15.5 Å². The predicted octanol–water partition coefficient (Wildman–Crippen LogP) is 0.0957. The third-order valence-electron chi connectivity index (χ3n) is 2.49. The molecule has 88 valence electrons. The smallest absolute Gasteiger partial charge is 0.280 e. The van der Waals surface area contributed by atoms with Gasteiger partial charge < -0.3 is 15.2 Å². The Hall–Kier alpha value is -0.920. The minimum Gasteiger partial charge on any atom is -0.386 e. The van der Waals surface area contributed by atoms with Crippen LogP contribution in [0.2, 0.25) is 0 Å². The fourth-order valence-corrected chi connectivity index (χ4v) is 1.83. The molecule has 7 heteroatoms. The molecule has 1 aliphatic rings. The average molecular weight is 290 g/mol. The summed E-state index contributed by atoms with van der Waals surface area (Å²) in [6.07, 6.45) is 2.08. The monoisotopic (exact) mass is 289 g/mol. The standard InChI is InChI=1S/C9H12BrN3O3/c10-7-6(3-12-13-8(7)14)11-4-9(15)1-2-16-5-9/h3,15H,1-2,4-5H2,(H2,11,13,14). The highest BCUT2D eigenvalue weighted by Crippen LogP contribution is 2.21. The summed E-state index contributed by atoms with van der Waals surface area (Å²) >= 11 is 3.15. The number of ether oxygens (including phenoxy) is 1. The topological polar surface area (TPSA) is 87.2 Å². The van der Waals surface area contributed by atoms with Gasteiger partial charge in [0.05, 0.1) is 18.5 Å². The minimum atomic E-state index is -0.859. The molecule has 1 aliphatic heterocycles. The summed E-state index contributed by atoms with van der Waals surface area (Å²) in [7, 11) is 0. The quantitative estimate of drug-likeness (QED) is 0.734. The molecule has 2 rings (SSSR count). The van der Waals surface area contributed by atoms with E-state index < -0.39 is 5.60 Å². The maximum Gasteiger partial charge on any atom is 0.280 e. The number of nitrogens with one attached hydrogen (secondary N) is 2. The number of halogens is 1. The van der Waals surface area contributed by atoms with E-state index in [2.05, 4.69) is 31.4 Å². The van der Waals surface area contributed by atoms with E-state index in [9.17, 15) is 9.90 Å². The Morgan fingerprint density at radius 2 is 2.56 bits per heavy atom. The first-order valence-electron chi connectivity index (χ1n) is 4.88. The number of aliphatic hydroxyl groups is 1. The fraction of sp³-hybridized carbons (Fsp3) is 0.556. The van der Waals surface area contributed by atoms with Crippen LogP contribution in [0.25, 0.3) is 0 Å². The van der Waals surface area contributed by atoms with Crippen molar-refractivity contribution in [3.05, 3.63) is 21.0 Å². The molecular weight excluding hydrogens is 278 g/mol. The second kappa shape index (κ2) is 4.52. The molecule has 1 atom stereocenters. The highest BCUT2D eigenvalue weighted by Gasteiger charge is 2.32. The van der Waals surface area contributed by atoms with Gasteiger partial charge in [0.15, 0.2) is 0 Å². The lowest BCUT2D eigenvalue weighted by molar-refractivity contribution is 0.0382. The highest BCUT2D eigenvalue weighted by atomic mass is 79.9. The van der Waals surface area contributed by atoms with Crippen LogP contribution in [0.3, 0.4) is 0 Å². The zero-order chi connectivity index (χ0) is 11.6. The Balaban J connectivity index is 2.04. The fourth-order valence-electron chi connectivity index (χ4n) is 1.50. The SMILES string of the molecule is O=c1[nH]ncc(NCC2(O)CCOC2)c1Br. The second-order valence-electron chi connectivity index (χ2n) is 3.81. The molecule has 3 N–H and O–H groups in total. The Morgan fingerprint density at radius 1 is 1.75 bits per heavy atom. The first-order chi connectivity index (χ1) is 7.61. The summed E-state index contributed by atoms with van der Waals surface area (Å²) in [4.78, 5) is 11.2. The van der Waals surface area contributed by atoms with E-state index >= 15 is 0 Å². The molecule has 6 nitrogen and oxygen atoms in total. The van der Waals surface area contributed by atoms with E-state index in [-0.39, 0.29) is 5.56 Å². The summed E-state index contributed by atoms with van der Waals surface area (Å²) < 4.78 is 5.50. The Labute approximate surface area is 100 Å². The lowest BCUT2D eigenvalue weighted by Crippen LogP contribution is -2.37. The number of nitrogens with zero attached hydrogens (tertiary/aromatic N) is 1. The lowest BCUT2D eigenvalue weighted by Gasteiger charge is -2.21. The Morgan fingerprint density at radius 3 is 3.25 bits per heavy atom. The second-order valence-corrected chi connectivity index (χ2v) is 4.60. The van der Waals surface area contributed by atoms with Gasteiger partial charge in [-0.1, -0.05) is 0 Å².